The highest BCUT2D eigenvalue weighted by atomic mass is 35.5. The fraction of sp³-hybridized carbons (Fsp3) is 0.235. The third kappa shape index (κ3) is 3.20. The van der Waals surface area contributed by atoms with E-state index >= 15 is 0 Å². The van der Waals surface area contributed by atoms with Crippen LogP contribution in [0.5, 0.6) is 0 Å². The van der Waals surface area contributed by atoms with Crippen LogP contribution in [-0.2, 0) is 0 Å². The monoisotopic (exact) mass is 377 g/mol. The summed E-state index contributed by atoms with van der Waals surface area (Å²) in [6, 6.07) is 3.77. The molecule has 2 aromatic heterocycles. The summed E-state index contributed by atoms with van der Waals surface area (Å²) >= 11 is 5.90. The van der Waals surface area contributed by atoms with E-state index in [2.05, 4.69) is 15.3 Å². The van der Waals surface area contributed by atoms with Gasteiger partial charge in [0.05, 0.1) is 23.5 Å². The molecule has 1 fully saturated rings. The average Bonchev–Trinajstić information content (AvgIpc) is 3.22. The zero-order valence-corrected chi connectivity index (χ0v) is 14.2. The average molecular weight is 378 g/mol. The Bertz CT molecular complexity index is 992. The van der Waals surface area contributed by atoms with Crippen LogP contribution in [0.2, 0.25) is 5.02 Å². The number of amides is 2. The summed E-state index contributed by atoms with van der Waals surface area (Å²) < 4.78 is 29.1. The van der Waals surface area contributed by atoms with Gasteiger partial charge in [-0.2, -0.15) is 0 Å². The minimum absolute atomic E-state index is 0.0682. The number of carbonyl (C=O) groups is 1. The van der Waals surface area contributed by atoms with Gasteiger partial charge in [0.15, 0.2) is 0 Å². The van der Waals surface area contributed by atoms with Gasteiger partial charge in [-0.15, -0.1) is 0 Å². The van der Waals surface area contributed by atoms with Gasteiger partial charge in [0, 0.05) is 30.2 Å². The van der Waals surface area contributed by atoms with Crippen LogP contribution in [0.4, 0.5) is 19.3 Å². The molecule has 2 amide bonds. The third-order valence-electron chi connectivity index (χ3n) is 4.19. The van der Waals surface area contributed by atoms with Crippen LogP contribution in [0.1, 0.15) is 6.42 Å². The predicted octanol–water partition coefficient (Wildman–Crippen LogP) is 3.76. The number of benzene rings is 1. The topological polar surface area (TPSA) is 62.5 Å². The number of nitrogens with zero attached hydrogens (tertiary/aromatic N) is 4. The number of nitrogens with one attached hydrogen (secondary N) is 1. The van der Waals surface area contributed by atoms with E-state index in [0.717, 1.165) is 0 Å². The number of urea groups is 1. The second-order valence-electron chi connectivity index (χ2n) is 6.06. The Balaban J connectivity index is 1.62. The van der Waals surface area contributed by atoms with E-state index in [1.807, 2.05) is 0 Å². The van der Waals surface area contributed by atoms with Crippen LogP contribution in [0.25, 0.3) is 17.0 Å². The highest BCUT2D eigenvalue weighted by Crippen LogP contribution is 2.26. The summed E-state index contributed by atoms with van der Waals surface area (Å²) in [6.45, 7) is 0.429. The van der Waals surface area contributed by atoms with E-state index in [9.17, 15) is 13.6 Å². The van der Waals surface area contributed by atoms with Crippen LogP contribution < -0.4 is 5.32 Å². The molecule has 1 aromatic carbocycles. The molecule has 1 aliphatic heterocycles. The highest BCUT2D eigenvalue weighted by Gasteiger charge is 2.26. The molecule has 1 unspecified atom stereocenters. The van der Waals surface area contributed by atoms with Crippen molar-refractivity contribution in [2.45, 2.75) is 12.6 Å². The summed E-state index contributed by atoms with van der Waals surface area (Å²) in [5, 5.41) is 3.10. The van der Waals surface area contributed by atoms with Crippen molar-refractivity contribution in [1.82, 2.24) is 19.3 Å². The first-order valence-electron chi connectivity index (χ1n) is 8.00. The molecule has 1 aliphatic rings. The molecule has 0 bridgehead atoms. The van der Waals surface area contributed by atoms with Crippen LogP contribution in [-0.4, -0.2) is 44.6 Å². The van der Waals surface area contributed by atoms with Crippen molar-refractivity contribution >= 4 is 29.1 Å². The first kappa shape index (κ1) is 16.7. The van der Waals surface area contributed by atoms with Crippen LogP contribution in [0, 0.1) is 5.82 Å². The summed E-state index contributed by atoms with van der Waals surface area (Å²) in [6.07, 6.45) is 4.01. The predicted molar refractivity (Wildman–Crippen MR) is 93.5 cm³/mol. The molecule has 1 saturated heterocycles. The smallest absolute Gasteiger partial charge is 0.321 e. The maximum absolute atomic E-state index is 14.3. The third-order valence-corrected chi connectivity index (χ3v) is 4.39. The van der Waals surface area contributed by atoms with Crippen molar-refractivity contribution < 1.29 is 13.6 Å². The van der Waals surface area contributed by atoms with E-state index in [1.54, 1.807) is 16.8 Å². The summed E-state index contributed by atoms with van der Waals surface area (Å²) in [5.41, 5.74) is 0.976. The maximum atomic E-state index is 14.3. The van der Waals surface area contributed by atoms with E-state index in [4.69, 9.17) is 11.6 Å². The first-order chi connectivity index (χ1) is 12.5. The molecule has 1 N–H and O–H groups in total. The van der Waals surface area contributed by atoms with Crippen LogP contribution in [0.3, 0.4) is 0 Å². The summed E-state index contributed by atoms with van der Waals surface area (Å²) in [7, 11) is 0. The Hall–Kier alpha value is -2.74. The molecule has 0 radical (unpaired) electrons. The molecule has 134 valence electrons. The molecule has 4 rings (SSSR count). The second kappa shape index (κ2) is 6.53. The van der Waals surface area contributed by atoms with Gasteiger partial charge in [-0.3, -0.25) is 4.40 Å². The van der Waals surface area contributed by atoms with Crippen molar-refractivity contribution in [3.63, 3.8) is 0 Å². The van der Waals surface area contributed by atoms with Crippen LogP contribution in [0.15, 0.2) is 36.8 Å². The van der Waals surface area contributed by atoms with Gasteiger partial charge in [0.1, 0.15) is 12.0 Å². The number of carbonyl (C=O) groups excluding carboxylic acids is 1. The molecule has 9 heteroatoms. The van der Waals surface area contributed by atoms with E-state index in [1.165, 1.54) is 29.3 Å². The van der Waals surface area contributed by atoms with Gasteiger partial charge < -0.3 is 10.2 Å². The number of halogens is 3. The van der Waals surface area contributed by atoms with Gasteiger partial charge in [-0.25, -0.2) is 23.5 Å². The summed E-state index contributed by atoms with van der Waals surface area (Å²) in [4.78, 5) is 21.9. The highest BCUT2D eigenvalue weighted by molar-refractivity contribution is 6.30. The maximum Gasteiger partial charge on any atom is 0.321 e. The van der Waals surface area contributed by atoms with Crippen LogP contribution >= 0.6 is 11.6 Å². The quantitative estimate of drug-likeness (QED) is 0.739. The molecule has 26 heavy (non-hydrogen) atoms. The molecule has 0 spiro atoms. The van der Waals surface area contributed by atoms with Crippen molar-refractivity contribution in [2.75, 3.05) is 18.4 Å². The molecule has 1 atom stereocenters. The van der Waals surface area contributed by atoms with Gasteiger partial charge in [-0.05, 0) is 24.6 Å². The largest absolute Gasteiger partial charge is 0.322 e. The SMILES string of the molecule is O=C(Nc1ccc(F)c(-c2cn3cc(Cl)cnc3n2)c1)N1CCC(F)C1. The van der Waals surface area contributed by atoms with E-state index in [0.29, 0.717) is 35.1 Å². The Kier molecular flexibility index (Phi) is 4.20. The zero-order valence-electron chi connectivity index (χ0n) is 13.5. The minimum Gasteiger partial charge on any atom is -0.322 e. The van der Waals surface area contributed by atoms with Gasteiger partial charge >= 0.3 is 6.03 Å². The number of imidazole rings is 1. The van der Waals surface area contributed by atoms with Crippen molar-refractivity contribution in [1.29, 1.82) is 0 Å². The molecular formula is C17H14ClF2N5O. The number of aromatic nitrogens is 3. The Labute approximate surface area is 152 Å². The fourth-order valence-corrected chi connectivity index (χ4v) is 3.05. The molecule has 3 heterocycles. The molecule has 3 aromatic rings. The molecule has 0 aliphatic carbocycles. The zero-order chi connectivity index (χ0) is 18.3. The molecule has 0 saturated carbocycles. The Morgan fingerprint density at radius 1 is 1.35 bits per heavy atom. The first-order valence-corrected chi connectivity index (χ1v) is 8.37. The Morgan fingerprint density at radius 2 is 2.19 bits per heavy atom. The van der Waals surface area contributed by atoms with Crippen molar-refractivity contribution in [2.24, 2.45) is 0 Å². The van der Waals surface area contributed by atoms with Gasteiger partial charge in [0.2, 0.25) is 5.78 Å². The lowest BCUT2D eigenvalue weighted by atomic mass is 10.1. The van der Waals surface area contributed by atoms with Crippen molar-refractivity contribution in [3.05, 3.63) is 47.6 Å². The van der Waals surface area contributed by atoms with Gasteiger partial charge in [-0.1, -0.05) is 11.6 Å². The number of likely N-dealkylation sites (tertiary alicyclic amines) is 1. The number of anilines is 1. The van der Waals surface area contributed by atoms with Gasteiger partial charge in [0.25, 0.3) is 0 Å². The lowest BCUT2D eigenvalue weighted by Gasteiger charge is -2.16. The lowest BCUT2D eigenvalue weighted by molar-refractivity contribution is 0.218. The number of alkyl halides is 1. The number of rotatable bonds is 2. The second-order valence-corrected chi connectivity index (χ2v) is 6.50. The lowest BCUT2D eigenvalue weighted by Crippen LogP contribution is -2.33. The number of fused-ring (bicyclic) bond motifs is 1. The fourth-order valence-electron chi connectivity index (χ4n) is 2.89. The summed E-state index contributed by atoms with van der Waals surface area (Å²) in [5.74, 6) is -0.105. The van der Waals surface area contributed by atoms with E-state index < -0.39 is 18.0 Å². The van der Waals surface area contributed by atoms with Crippen molar-refractivity contribution in [3.8, 4) is 11.3 Å². The number of hydrogen-bond donors (Lipinski definition) is 1. The minimum atomic E-state index is -0.998. The normalized spacial score (nSPS) is 17.0. The molecular weight excluding hydrogens is 364 g/mol. The van der Waals surface area contributed by atoms with E-state index in [-0.39, 0.29) is 12.1 Å². The standard InChI is InChI=1S/C17H14ClF2N5O/c18-10-6-21-16-23-15(9-25(16)7-10)13-5-12(1-2-14(13)20)22-17(26)24-4-3-11(19)8-24/h1-2,5-7,9,11H,3-4,8H2,(H,22,26). The molecule has 6 nitrogen and oxygen atoms in total. The Morgan fingerprint density at radius 3 is 2.96 bits per heavy atom. The number of hydrogen-bond acceptors (Lipinski definition) is 3.